The van der Waals surface area contributed by atoms with Gasteiger partial charge in [-0.3, -0.25) is 4.31 Å². The van der Waals surface area contributed by atoms with Gasteiger partial charge in [-0.25, -0.2) is 13.2 Å². The summed E-state index contributed by atoms with van der Waals surface area (Å²) in [5, 5.41) is 14.0. The molecule has 9 heteroatoms. The minimum absolute atomic E-state index is 0.138. The van der Waals surface area contributed by atoms with Crippen molar-refractivity contribution in [2.24, 2.45) is 0 Å². The van der Waals surface area contributed by atoms with Gasteiger partial charge in [-0.1, -0.05) is 54.6 Å². The number of amides is 1. The molecular weight excluding hydrogens is 540 g/mol. The lowest BCUT2D eigenvalue weighted by Crippen LogP contribution is -2.46. The van der Waals surface area contributed by atoms with Crippen LogP contribution >= 0.6 is 0 Å². The number of carbonyl (C=O) groups is 1. The van der Waals surface area contributed by atoms with Gasteiger partial charge in [0.1, 0.15) is 24.1 Å². The highest BCUT2D eigenvalue weighted by Gasteiger charge is 2.41. The molecular formula is C32H38N2O6S. The van der Waals surface area contributed by atoms with Crippen LogP contribution in [0.4, 0.5) is 10.5 Å². The molecule has 3 aromatic rings. The number of anilines is 1. The molecule has 0 radical (unpaired) electrons. The van der Waals surface area contributed by atoms with E-state index in [1.54, 1.807) is 63.2 Å². The number of carbonyl (C=O) groups excluding carboxylic acids is 1. The average Bonchev–Trinajstić information content (AvgIpc) is 2.92. The fourth-order valence-electron chi connectivity index (χ4n) is 4.71. The minimum Gasteiger partial charge on any atom is -0.489 e. The van der Waals surface area contributed by atoms with Crippen LogP contribution in [0.2, 0.25) is 0 Å². The van der Waals surface area contributed by atoms with Crippen LogP contribution in [0.15, 0.2) is 89.8 Å². The first-order valence-corrected chi connectivity index (χ1v) is 15.1. The van der Waals surface area contributed by atoms with E-state index in [4.69, 9.17) is 9.47 Å². The lowest BCUT2D eigenvalue weighted by molar-refractivity contribution is 0.0526. The molecule has 8 nitrogen and oxygen atoms in total. The molecule has 1 amide bonds. The van der Waals surface area contributed by atoms with Crippen molar-refractivity contribution in [3.05, 3.63) is 102 Å². The number of aryl methyl sites for hydroxylation is 1. The summed E-state index contributed by atoms with van der Waals surface area (Å²) in [6, 6.07) is 20.7. The van der Waals surface area contributed by atoms with Crippen molar-refractivity contribution >= 4 is 21.8 Å². The zero-order valence-corrected chi connectivity index (χ0v) is 24.8. The molecule has 4 rings (SSSR count). The third-order valence-electron chi connectivity index (χ3n) is 6.74. The molecule has 2 N–H and O–H groups in total. The van der Waals surface area contributed by atoms with Gasteiger partial charge in [-0.2, -0.15) is 0 Å². The third-order valence-corrected chi connectivity index (χ3v) is 8.58. The zero-order chi connectivity index (χ0) is 29.8. The second kappa shape index (κ2) is 12.4. The maximum atomic E-state index is 14.1. The second-order valence-corrected chi connectivity index (χ2v) is 13.0. The first-order valence-electron chi connectivity index (χ1n) is 13.6. The van der Waals surface area contributed by atoms with Crippen molar-refractivity contribution < 1.29 is 27.8 Å². The van der Waals surface area contributed by atoms with E-state index in [-0.39, 0.29) is 11.4 Å². The van der Waals surface area contributed by atoms with Crippen molar-refractivity contribution in [3.63, 3.8) is 0 Å². The Morgan fingerprint density at radius 2 is 1.73 bits per heavy atom. The largest absolute Gasteiger partial charge is 0.489 e. The van der Waals surface area contributed by atoms with E-state index >= 15 is 0 Å². The van der Waals surface area contributed by atoms with Crippen molar-refractivity contribution in [2.75, 3.05) is 10.8 Å². The van der Waals surface area contributed by atoms with E-state index in [1.807, 2.05) is 37.3 Å². The minimum atomic E-state index is -4.03. The number of fused-ring (bicyclic) bond motifs is 1. The molecule has 0 aromatic heterocycles. The maximum Gasteiger partial charge on any atom is 0.407 e. The van der Waals surface area contributed by atoms with Crippen LogP contribution in [0.1, 0.15) is 56.4 Å². The van der Waals surface area contributed by atoms with Gasteiger partial charge in [-0.15, -0.1) is 0 Å². The molecule has 2 atom stereocenters. The van der Waals surface area contributed by atoms with Crippen LogP contribution in [0.25, 0.3) is 0 Å². The van der Waals surface area contributed by atoms with Gasteiger partial charge in [0, 0.05) is 12.1 Å². The molecule has 0 saturated carbocycles. The fraction of sp³-hybridized carbons (Fsp3) is 0.344. The second-order valence-electron chi connectivity index (χ2n) is 11.2. The van der Waals surface area contributed by atoms with E-state index in [2.05, 4.69) is 11.9 Å². The van der Waals surface area contributed by atoms with Gasteiger partial charge >= 0.3 is 6.09 Å². The van der Waals surface area contributed by atoms with E-state index < -0.39 is 33.9 Å². The maximum absolute atomic E-state index is 14.1. The lowest BCUT2D eigenvalue weighted by Gasteiger charge is -2.41. The number of nitrogens with zero attached hydrogens (tertiary/aromatic N) is 1. The van der Waals surface area contributed by atoms with Crippen LogP contribution < -0.4 is 14.4 Å². The highest BCUT2D eigenvalue weighted by molar-refractivity contribution is 7.92. The molecule has 1 heterocycles. The lowest BCUT2D eigenvalue weighted by atomic mass is 9.88. The van der Waals surface area contributed by atoms with Crippen LogP contribution in [0.5, 0.6) is 5.75 Å². The molecule has 0 bridgehead atoms. The number of nitrogens with one attached hydrogen (secondary N) is 1. The van der Waals surface area contributed by atoms with Gasteiger partial charge in [0.15, 0.2) is 0 Å². The Bertz CT molecular complexity index is 1480. The molecule has 0 fully saturated rings. The Morgan fingerprint density at radius 1 is 1.05 bits per heavy atom. The van der Waals surface area contributed by atoms with Gasteiger partial charge in [0.05, 0.1) is 16.6 Å². The standard InChI is InChI=1S/C32H38N2O6S/c1-22-13-16-26(17-14-22)41(37,38)34-28(12-9-19-33-31(36)40-32(3,4)5)23(2)30(35)27-20-25(15-18-29(27)34)39-21-24-10-7-6-8-11-24/h6-8,10-11,13-18,20,28,30,35H,2,9,12,19,21H2,1,3-5H3,(H,33,36)/t28-,30?/m0/s1. The number of hydrogen-bond donors (Lipinski definition) is 2. The van der Waals surface area contributed by atoms with E-state index in [9.17, 15) is 18.3 Å². The van der Waals surface area contributed by atoms with E-state index in [0.717, 1.165) is 11.1 Å². The van der Waals surface area contributed by atoms with Crippen LogP contribution in [-0.4, -0.2) is 37.8 Å². The number of rotatable bonds is 9. The average molecular weight is 579 g/mol. The summed E-state index contributed by atoms with van der Waals surface area (Å²) >= 11 is 0. The summed E-state index contributed by atoms with van der Waals surface area (Å²) in [5.41, 5.74) is 2.41. The smallest absolute Gasteiger partial charge is 0.407 e. The van der Waals surface area contributed by atoms with Crippen molar-refractivity contribution in [2.45, 2.75) is 69.8 Å². The first-order chi connectivity index (χ1) is 19.4. The predicted molar refractivity (Wildman–Crippen MR) is 159 cm³/mol. The summed E-state index contributed by atoms with van der Waals surface area (Å²) in [4.78, 5) is 12.2. The van der Waals surface area contributed by atoms with Gasteiger partial charge in [0.2, 0.25) is 0 Å². The number of aliphatic hydroxyl groups is 1. The molecule has 41 heavy (non-hydrogen) atoms. The van der Waals surface area contributed by atoms with Crippen LogP contribution in [0, 0.1) is 6.92 Å². The van der Waals surface area contributed by atoms with E-state index in [0.29, 0.717) is 42.0 Å². The Morgan fingerprint density at radius 3 is 2.39 bits per heavy atom. The summed E-state index contributed by atoms with van der Waals surface area (Å²) in [5.74, 6) is 0.507. The van der Waals surface area contributed by atoms with Crippen molar-refractivity contribution in [1.82, 2.24) is 5.32 Å². The highest BCUT2D eigenvalue weighted by Crippen LogP contribution is 2.45. The molecule has 0 saturated heterocycles. The summed E-state index contributed by atoms with van der Waals surface area (Å²) in [6.07, 6.45) is -0.887. The fourth-order valence-corrected chi connectivity index (χ4v) is 6.42. The van der Waals surface area contributed by atoms with Gasteiger partial charge < -0.3 is 19.9 Å². The topological polar surface area (TPSA) is 105 Å². The Balaban J connectivity index is 1.63. The molecule has 1 unspecified atom stereocenters. The van der Waals surface area contributed by atoms with Crippen molar-refractivity contribution in [3.8, 4) is 5.75 Å². The molecule has 1 aliphatic heterocycles. The van der Waals surface area contributed by atoms with Crippen LogP contribution in [0.3, 0.4) is 0 Å². The normalized spacial score (nSPS) is 17.1. The van der Waals surface area contributed by atoms with Gasteiger partial charge in [0.25, 0.3) is 10.0 Å². The number of sulfonamides is 1. The number of alkyl carbamates (subject to hydrolysis) is 1. The number of hydrogen-bond acceptors (Lipinski definition) is 6. The van der Waals surface area contributed by atoms with Gasteiger partial charge in [-0.05, 0) is 82.0 Å². The quantitative estimate of drug-likeness (QED) is 0.237. The van der Waals surface area contributed by atoms with Crippen molar-refractivity contribution in [1.29, 1.82) is 0 Å². The number of ether oxygens (including phenoxy) is 2. The summed E-state index contributed by atoms with van der Waals surface area (Å²) in [7, 11) is -4.03. The SMILES string of the molecule is C=C1C(O)c2cc(OCc3ccccc3)ccc2N(S(=O)(=O)c2ccc(C)cc2)[C@H]1CCCNC(=O)OC(C)(C)C. The third kappa shape index (κ3) is 7.28. The summed E-state index contributed by atoms with van der Waals surface area (Å²) in [6.45, 7) is 12.0. The Hall–Kier alpha value is -3.82. The molecule has 1 aliphatic rings. The number of benzene rings is 3. The molecule has 3 aromatic carbocycles. The zero-order valence-electron chi connectivity index (χ0n) is 24.0. The van der Waals surface area contributed by atoms with E-state index in [1.165, 1.54) is 4.31 Å². The Kier molecular flexibility index (Phi) is 9.09. The summed E-state index contributed by atoms with van der Waals surface area (Å²) < 4.78 is 40.8. The first kappa shape index (κ1) is 30.1. The Labute approximate surface area is 242 Å². The molecule has 218 valence electrons. The monoisotopic (exact) mass is 578 g/mol. The molecule has 0 spiro atoms. The highest BCUT2D eigenvalue weighted by atomic mass is 32.2. The molecule has 0 aliphatic carbocycles. The van der Waals surface area contributed by atoms with Crippen LogP contribution in [-0.2, 0) is 21.4 Å². The number of aliphatic hydroxyl groups excluding tert-OH is 1. The predicted octanol–water partition coefficient (Wildman–Crippen LogP) is 6.05.